The van der Waals surface area contributed by atoms with E-state index in [-0.39, 0.29) is 5.43 Å². The molecule has 0 unspecified atom stereocenters. The molecular formula is C50H42Cl2N2SiZr-2. The Morgan fingerprint density at radius 1 is 0.464 bits per heavy atom. The summed E-state index contributed by atoms with van der Waals surface area (Å²) in [6.07, 6.45) is 5.39. The maximum Gasteiger partial charge on any atom is 0.0532 e. The summed E-state index contributed by atoms with van der Waals surface area (Å²) in [4.78, 5) is 0. The molecule has 0 radical (unpaired) electrons. The van der Waals surface area contributed by atoms with Gasteiger partial charge in [0.1, 0.15) is 0 Å². The van der Waals surface area contributed by atoms with Crippen LogP contribution in [0.1, 0.15) is 48.6 Å². The van der Waals surface area contributed by atoms with Crippen LogP contribution in [0.15, 0.2) is 158 Å². The van der Waals surface area contributed by atoms with Crippen LogP contribution in [0.2, 0.25) is 13.1 Å². The molecule has 2 fully saturated rings. The minimum Gasteiger partial charge on any atom is -0.318 e. The number of nitrogens with zero attached hydrogens (tertiary/aromatic N) is 2. The number of halogens is 2. The van der Waals surface area contributed by atoms with Crippen molar-refractivity contribution in [3.05, 3.63) is 169 Å². The molecule has 0 atom stereocenters. The predicted molar refractivity (Wildman–Crippen MR) is 241 cm³/mol. The van der Waals surface area contributed by atoms with Gasteiger partial charge in [0.25, 0.3) is 0 Å². The van der Waals surface area contributed by atoms with Gasteiger partial charge in [-0.05, 0) is 61.8 Å². The van der Waals surface area contributed by atoms with Crippen LogP contribution in [0.3, 0.4) is 0 Å². The third-order valence-electron chi connectivity index (χ3n) is 11.6. The molecule has 2 nitrogen and oxygen atoms in total. The summed E-state index contributed by atoms with van der Waals surface area (Å²) in [6.45, 7) is 4.33. The molecule has 6 heteroatoms. The van der Waals surface area contributed by atoms with Crippen LogP contribution in [0.25, 0.3) is 76.5 Å². The SMILES string of the molecule is C[Si](C)=[Zr]([Cl])[Cl].c1cc(-n2c3ccccc3c3ccccc32)c2cc(C3CC3)[cH-]c2c1.c1cc(-n2c3ccccc3c3ccccc32)c2cc(C3CC3)[cH-]c2c1. The average molecular weight is 861 g/mol. The van der Waals surface area contributed by atoms with Gasteiger partial charge in [0, 0.05) is 32.9 Å². The molecule has 0 spiro atoms. The Bertz CT molecular complexity index is 2790. The normalized spacial score (nSPS) is 14.0. The van der Waals surface area contributed by atoms with E-state index in [9.17, 15) is 0 Å². The van der Waals surface area contributed by atoms with E-state index in [1.807, 2.05) is 0 Å². The van der Waals surface area contributed by atoms with Crippen LogP contribution in [-0.4, -0.2) is 14.6 Å². The standard InChI is InChI=1S/2C24H18N.C2H6Si.2ClH.Zr/c2*1-3-9-22-19(7-1)20-8-2-4-10-23(20)25(22)24-11-5-6-17-14-18(15-21(17)24)16-12-13-16;1-3-2;;;/h2*1-11,14-16H,12-13H2;1-2H3;2*1H;/q2*-1;;;;+2/p-2. The summed E-state index contributed by atoms with van der Waals surface area (Å²) in [5.41, 5.74) is 10.5. The molecule has 2 heterocycles. The molecule has 10 aromatic rings. The molecule has 276 valence electrons. The fraction of sp³-hybridized carbons (Fsp3) is 0.160. The van der Waals surface area contributed by atoms with Gasteiger partial charge in [-0.3, -0.25) is 0 Å². The first kappa shape index (κ1) is 36.2. The van der Waals surface area contributed by atoms with Crippen molar-refractivity contribution in [2.75, 3.05) is 0 Å². The van der Waals surface area contributed by atoms with Crippen molar-refractivity contribution in [2.24, 2.45) is 0 Å². The topological polar surface area (TPSA) is 9.86 Å². The summed E-state index contributed by atoms with van der Waals surface area (Å²) in [6, 6.07) is 58.0. The van der Waals surface area contributed by atoms with Gasteiger partial charge in [0.2, 0.25) is 0 Å². The van der Waals surface area contributed by atoms with E-state index < -0.39 is 18.0 Å². The summed E-state index contributed by atoms with van der Waals surface area (Å²) in [5.74, 6) is 1.58. The van der Waals surface area contributed by atoms with Crippen LogP contribution < -0.4 is 0 Å². The Hall–Kier alpha value is -4.18. The van der Waals surface area contributed by atoms with E-state index >= 15 is 0 Å². The minimum atomic E-state index is -1.65. The minimum absolute atomic E-state index is 0.224. The molecule has 8 aromatic carbocycles. The maximum atomic E-state index is 5.62. The first-order valence-electron chi connectivity index (χ1n) is 19.8. The largest absolute Gasteiger partial charge is 0.318 e. The first-order chi connectivity index (χ1) is 27.4. The monoisotopic (exact) mass is 858 g/mol. The summed E-state index contributed by atoms with van der Waals surface area (Å²) < 4.78 is 4.87. The molecule has 0 aliphatic heterocycles. The van der Waals surface area contributed by atoms with E-state index in [0.717, 1.165) is 11.8 Å². The van der Waals surface area contributed by atoms with E-state index in [1.54, 1.807) is 0 Å². The third kappa shape index (κ3) is 6.63. The second kappa shape index (κ2) is 15.0. The Kier molecular flexibility index (Phi) is 9.67. The molecule has 2 aliphatic rings. The van der Waals surface area contributed by atoms with Gasteiger partial charge >= 0.3 is 53.5 Å². The van der Waals surface area contributed by atoms with Crippen molar-refractivity contribution in [3.63, 3.8) is 0 Å². The molecule has 0 saturated heterocycles. The predicted octanol–water partition coefficient (Wildman–Crippen LogP) is 15.2. The third-order valence-corrected chi connectivity index (χ3v) is 31.4. The molecule has 0 N–H and O–H groups in total. The molecule has 56 heavy (non-hydrogen) atoms. The quantitative estimate of drug-likeness (QED) is 0.123. The number of benzene rings is 6. The zero-order valence-corrected chi connectivity index (χ0v) is 36.6. The molecule has 0 amide bonds. The Morgan fingerprint density at radius 2 is 0.786 bits per heavy atom. The Balaban J connectivity index is 0.000000120. The second-order valence-electron chi connectivity index (χ2n) is 15.7. The fourth-order valence-electron chi connectivity index (χ4n) is 8.54. The first-order valence-corrected chi connectivity index (χ1v) is 32.3. The van der Waals surface area contributed by atoms with Crippen LogP contribution in [-0.2, 0) is 18.0 Å². The van der Waals surface area contributed by atoms with Crippen molar-refractivity contribution in [2.45, 2.75) is 50.6 Å². The van der Waals surface area contributed by atoms with Crippen LogP contribution in [0.5, 0.6) is 0 Å². The summed E-state index contributed by atoms with van der Waals surface area (Å²) in [7, 11) is 11.2. The smallest absolute Gasteiger partial charge is 0.0532 e. The van der Waals surface area contributed by atoms with Gasteiger partial charge in [-0.1, -0.05) is 84.9 Å². The Morgan fingerprint density at radius 3 is 1.09 bits per heavy atom. The average Bonchev–Trinajstić information content (AvgIpc) is 4.12. The van der Waals surface area contributed by atoms with E-state index in [1.165, 1.54) is 113 Å². The van der Waals surface area contributed by atoms with Gasteiger partial charge in [0.05, 0.1) is 22.1 Å². The van der Waals surface area contributed by atoms with Gasteiger partial charge in [-0.25, -0.2) is 0 Å². The summed E-state index contributed by atoms with van der Waals surface area (Å²) in [5, 5.41) is 10.8. The number of aromatic nitrogens is 2. The van der Waals surface area contributed by atoms with Gasteiger partial charge in [-0.2, -0.15) is 12.1 Å². The number of rotatable bonds is 4. The molecular weight excluding hydrogens is 819 g/mol. The molecule has 2 aromatic heterocycles. The van der Waals surface area contributed by atoms with E-state index in [0.29, 0.717) is 0 Å². The zero-order valence-electron chi connectivity index (χ0n) is 31.6. The van der Waals surface area contributed by atoms with Crippen molar-refractivity contribution >= 4 is 87.6 Å². The van der Waals surface area contributed by atoms with Crippen LogP contribution in [0, 0.1) is 0 Å². The van der Waals surface area contributed by atoms with Gasteiger partial charge in [0.15, 0.2) is 0 Å². The number of hydrogen-bond acceptors (Lipinski definition) is 0. The number of hydrogen-bond donors (Lipinski definition) is 0. The fourth-order valence-corrected chi connectivity index (χ4v) is 8.54. The van der Waals surface area contributed by atoms with Gasteiger partial charge < -0.3 is 9.13 Å². The molecule has 0 bridgehead atoms. The van der Waals surface area contributed by atoms with Crippen LogP contribution in [0.4, 0.5) is 0 Å². The number of fused-ring (bicyclic) bond motifs is 8. The molecule has 2 saturated carbocycles. The van der Waals surface area contributed by atoms with E-state index in [4.69, 9.17) is 17.0 Å². The maximum absolute atomic E-state index is 5.62. The van der Waals surface area contributed by atoms with Crippen molar-refractivity contribution in [3.8, 4) is 11.4 Å². The van der Waals surface area contributed by atoms with Crippen molar-refractivity contribution in [1.82, 2.24) is 9.13 Å². The van der Waals surface area contributed by atoms with Crippen molar-refractivity contribution < 1.29 is 18.0 Å². The second-order valence-corrected chi connectivity index (χ2v) is 38.7. The van der Waals surface area contributed by atoms with Gasteiger partial charge in [-0.15, -0.1) is 69.1 Å². The van der Waals surface area contributed by atoms with Crippen molar-refractivity contribution in [1.29, 1.82) is 0 Å². The zero-order chi connectivity index (χ0) is 37.9. The molecule has 2 aliphatic carbocycles. The number of para-hydroxylation sites is 4. The van der Waals surface area contributed by atoms with Crippen LogP contribution >= 0.6 is 17.0 Å². The Labute approximate surface area is 342 Å². The molecule has 12 rings (SSSR count). The summed E-state index contributed by atoms with van der Waals surface area (Å²) >= 11 is -1.65. The van der Waals surface area contributed by atoms with E-state index in [2.05, 4.69) is 180 Å².